The van der Waals surface area contributed by atoms with Crippen LogP contribution in [0.15, 0.2) is 31.9 Å². The summed E-state index contributed by atoms with van der Waals surface area (Å²) in [5, 5.41) is 11.5. The first-order valence-electron chi connectivity index (χ1n) is 6.36. The van der Waals surface area contributed by atoms with Crippen molar-refractivity contribution in [3.63, 3.8) is 0 Å². The first-order chi connectivity index (χ1) is 11.2. The van der Waals surface area contributed by atoms with Crippen molar-refractivity contribution in [3.05, 3.63) is 54.2 Å². The third kappa shape index (κ3) is 2.34. The Morgan fingerprint density at radius 2 is 1.79 bits per heavy atom. The Morgan fingerprint density at radius 1 is 1.12 bits per heavy atom. The van der Waals surface area contributed by atoms with E-state index in [0.29, 0.717) is 4.47 Å². The number of carboxylic acids is 1. The summed E-state index contributed by atoms with van der Waals surface area (Å²) >= 11 is 6.37. The van der Waals surface area contributed by atoms with Gasteiger partial charge in [0.2, 0.25) is 0 Å². The molecule has 1 aliphatic heterocycles. The summed E-state index contributed by atoms with van der Waals surface area (Å²) in [6, 6.07) is 3.78. The van der Waals surface area contributed by atoms with E-state index >= 15 is 0 Å². The number of imide groups is 1. The van der Waals surface area contributed by atoms with E-state index in [1.807, 2.05) is 5.32 Å². The Bertz CT molecular complexity index is 1010. The van der Waals surface area contributed by atoms with E-state index in [4.69, 9.17) is 5.73 Å². The summed E-state index contributed by atoms with van der Waals surface area (Å²) in [5.74, 6) is -3.07. The highest BCUT2D eigenvalue weighted by Gasteiger charge is 2.33. The number of nitrogens with zero attached hydrogens (tertiary/aromatic N) is 1. The molecule has 2 amide bonds. The predicted octanol–water partition coefficient (Wildman–Crippen LogP) is 1.53. The number of aromatic carboxylic acids is 1. The number of benzene rings is 1. The van der Waals surface area contributed by atoms with E-state index in [9.17, 15) is 24.3 Å². The normalized spacial score (nSPS) is 12.9. The van der Waals surface area contributed by atoms with Gasteiger partial charge in [0.25, 0.3) is 17.4 Å². The van der Waals surface area contributed by atoms with Gasteiger partial charge in [-0.3, -0.25) is 24.3 Å². The molecule has 0 saturated heterocycles. The minimum absolute atomic E-state index is 0.0388. The number of nitrogens with two attached hydrogens (primary N) is 1. The second kappa shape index (κ2) is 5.56. The molecule has 1 aromatic heterocycles. The molecule has 0 radical (unpaired) electrons. The Morgan fingerprint density at radius 3 is 2.42 bits per heavy atom. The monoisotopic (exact) mass is 455 g/mol. The van der Waals surface area contributed by atoms with Gasteiger partial charge in [0.15, 0.2) is 0 Å². The average Bonchev–Trinajstić information content (AvgIpc) is 2.75. The van der Waals surface area contributed by atoms with Crippen LogP contribution in [0.2, 0.25) is 0 Å². The zero-order valence-corrected chi connectivity index (χ0v) is 14.8. The number of rotatable bonds is 2. The van der Waals surface area contributed by atoms with Crippen molar-refractivity contribution >= 4 is 55.5 Å². The van der Waals surface area contributed by atoms with Crippen molar-refractivity contribution < 1.29 is 19.5 Å². The van der Waals surface area contributed by atoms with Crippen molar-refractivity contribution in [1.29, 1.82) is 0 Å². The van der Waals surface area contributed by atoms with Gasteiger partial charge in [0.05, 0.1) is 22.4 Å². The lowest BCUT2D eigenvalue weighted by molar-refractivity contribution is 0.0696. The molecule has 122 valence electrons. The van der Waals surface area contributed by atoms with Crippen LogP contribution in [0.4, 0.5) is 5.82 Å². The van der Waals surface area contributed by atoms with Gasteiger partial charge in [-0.2, -0.15) is 0 Å². The maximum atomic E-state index is 12.4. The van der Waals surface area contributed by atoms with Crippen molar-refractivity contribution in [1.82, 2.24) is 9.88 Å². The minimum Gasteiger partial charge on any atom is -0.478 e. The minimum atomic E-state index is -1.29. The summed E-state index contributed by atoms with van der Waals surface area (Å²) in [6.07, 6.45) is 0. The quantitative estimate of drug-likeness (QED) is 0.587. The van der Waals surface area contributed by atoms with Crippen LogP contribution in [0, 0.1) is 0 Å². The Hall–Kier alpha value is -2.46. The molecular formula is C14H7Br2N3O5. The summed E-state index contributed by atoms with van der Waals surface area (Å²) < 4.78 is 1.63. The van der Waals surface area contributed by atoms with Gasteiger partial charge in [0.1, 0.15) is 5.82 Å². The van der Waals surface area contributed by atoms with E-state index < -0.39 is 23.3 Å². The maximum Gasteiger partial charge on any atom is 0.337 e. The van der Waals surface area contributed by atoms with Crippen LogP contribution in [-0.4, -0.2) is 27.5 Å². The molecular weight excluding hydrogens is 450 g/mol. The lowest BCUT2D eigenvalue weighted by Gasteiger charge is -2.16. The second-order valence-corrected chi connectivity index (χ2v) is 6.63. The average molecular weight is 457 g/mol. The van der Waals surface area contributed by atoms with Gasteiger partial charge in [-0.25, -0.2) is 4.79 Å². The molecule has 10 heteroatoms. The molecule has 0 bridgehead atoms. The topological polar surface area (TPSA) is 131 Å². The van der Waals surface area contributed by atoms with Gasteiger partial charge < -0.3 is 10.8 Å². The first kappa shape index (κ1) is 16.4. The summed E-state index contributed by atoms with van der Waals surface area (Å²) in [4.78, 5) is 47.5. The van der Waals surface area contributed by atoms with Gasteiger partial charge in [-0.05, 0) is 28.1 Å². The number of nitrogen functional groups attached to an aromatic ring is 1. The number of amides is 2. The number of carboxylic acid groups (broad SMARTS) is 1. The largest absolute Gasteiger partial charge is 0.478 e. The third-order valence-corrected chi connectivity index (χ3v) is 4.50. The smallest absolute Gasteiger partial charge is 0.337 e. The molecule has 1 aromatic carbocycles. The van der Waals surface area contributed by atoms with Gasteiger partial charge in [-0.15, -0.1) is 0 Å². The number of halogens is 2. The number of anilines is 1. The number of fused-ring (bicyclic) bond motifs is 1. The first-order valence-corrected chi connectivity index (χ1v) is 7.95. The molecule has 8 nitrogen and oxygen atoms in total. The van der Waals surface area contributed by atoms with Gasteiger partial charge in [-0.1, -0.05) is 15.9 Å². The molecule has 0 unspecified atom stereocenters. The van der Waals surface area contributed by atoms with Crippen molar-refractivity contribution in [3.8, 4) is 5.69 Å². The van der Waals surface area contributed by atoms with Crippen molar-refractivity contribution in [2.75, 3.05) is 5.73 Å². The van der Waals surface area contributed by atoms with Crippen LogP contribution >= 0.6 is 31.9 Å². The third-order valence-electron chi connectivity index (χ3n) is 3.44. The number of hydrogen-bond acceptors (Lipinski definition) is 5. The fourth-order valence-electron chi connectivity index (χ4n) is 2.47. The number of hydrogen-bond donors (Lipinski definition) is 3. The highest BCUT2D eigenvalue weighted by Crippen LogP contribution is 2.32. The molecule has 4 N–H and O–H groups in total. The molecule has 0 aliphatic carbocycles. The van der Waals surface area contributed by atoms with E-state index in [1.54, 1.807) is 0 Å². The Labute approximate surface area is 150 Å². The molecule has 0 atom stereocenters. The highest BCUT2D eigenvalue weighted by molar-refractivity contribution is 9.11. The Kier molecular flexibility index (Phi) is 3.80. The number of pyridine rings is 1. The standard InChI is InChI=1S/C14H7Br2N3O5/c15-4-1-6(14(23)24)10(7(16)2-4)19-8(20)3-5-9(11(19)17)13(22)18-12(5)21/h1-3H,17H2,(H,23,24)(H,18,21,22). The van der Waals surface area contributed by atoms with Gasteiger partial charge in [0, 0.05) is 15.0 Å². The molecule has 2 aromatic rings. The van der Waals surface area contributed by atoms with Crippen LogP contribution in [0.5, 0.6) is 0 Å². The number of nitrogens with one attached hydrogen (secondary N) is 1. The van der Waals surface area contributed by atoms with Gasteiger partial charge >= 0.3 is 5.97 Å². The van der Waals surface area contributed by atoms with E-state index in [-0.39, 0.29) is 32.7 Å². The summed E-state index contributed by atoms with van der Waals surface area (Å²) in [7, 11) is 0. The molecule has 1 aliphatic rings. The van der Waals surface area contributed by atoms with E-state index in [0.717, 1.165) is 10.6 Å². The Balaban J connectivity index is 2.44. The lowest BCUT2D eigenvalue weighted by atomic mass is 10.1. The van der Waals surface area contributed by atoms with E-state index in [2.05, 4.69) is 31.9 Å². The fourth-order valence-corrected chi connectivity index (χ4v) is 3.87. The van der Waals surface area contributed by atoms with E-state index in [1.165, 1.54) is 12.1 Å². The molecule has 24 heavy (non-hydrogen) atoms. The van der Waals surface area contributed by atoms with Crippen LogP contribution in [0.1, 0.15) is 31.1 Å². The molecule has 0 saturated carbocycles. The lowest BCUT2D eigenvalue weighted by Crippen LogP contribution is -2.26. The van der Waals surface area contributed by atoms with Crippen molar-refractivity contribution in [2.24, 2.45) is 0 Å². The fraction of sp³-hybridized carbons (Fsp3) is 0. The SMILES string of the molecule is Nc1c2c(cc(=O)n1-c1c(Br)cc(Br)cc1C(=O)O)C(=O)NC2=O. The van der Waals surface area contributed by atoms with Crippen molar-refractivity contribution in [2.45, 2.75) is 0 Å². The molecule has 0 spiro atoms. The number of aromatic nitrogens is 1. The van der Waals surface area contributed by atoms with Crippen LogP contribution in [-0.2, 0) is 0 Å². The number of carbonyl (C=O) groups is 3. The molecule has 0 fully saturated rings. The van der Waals surface area contributed by atoms with Crippen LogP contribution in [0.3, 0.4) is 0 Å². The van der Waals surface area contributed by atoms with Crippen LogP contribution in [0.25, 0.3) is 5.69 Å². The zero-order valence-electron chi connectivity index (χ0n) is 11.6. The van der Waals surface area contributed by atoms with Crippen LogP contribution < -0.4 is 16.6 Å². The molecule has 3 rings (SSSR count). The second-order valence-electron chi connectivity index (χ2n) is 4.86. The highest BCUT2D eigenvalue weighted by atomic mass is 79.9. The predicted molar refractivity (Wildman–Crippen MR) is 90.6 cm³/mol. The summed E-state index contributed by atoms with van der Waals surface area (Å²) in [5.41, 5.74) is 4.64. The number of carbonyl (C=O) groups excluding carboxylic acids is 2. The molecule has 2 heterocycles. The maximum absolute atomic E-state index is 12.4. The zero-order chi connectivity index (χ0) is 17.8. The summed E-state index contributed by atoms with van der Waals surface area (Å²) in [6.45, 7) is 0.